The average Bonchev–Trinajstić information content (AvgIpc) is 2.74. The number of allylic oxidation sites excluding steroid dienone is 1. The van der Waals surface area contributed by atoms with Gasteiger partial charge < -0.3 is 4.90 Å². The fraction of sp³-hybridized carbons (Fsp3) is 0.556. The summed E-state index contributed by atoms with van der Waals surface area (Å²) in [6, 6.07) is 9.05. The second kappa shape index (κ2) is 6.27. The molecule has 1 aromatic rings. The Morgan fingerprint density at radius 2 is 1.90 bits per heavy atom. The van der Waals surface area contributed by atoms with Gasteiger partial charge in [-0.25, -0.2) is 0 Å². The Kier molecular flexibility index (Phi) is 4.87. The van der Waals surface area contributed by atoms with Gasteiger partial charge >= 0.3 is 0 Å². The second-order valence-corrected chi connectivity index (χ2v) is 12.5. The van der Waals surface area contributed by atoms with Crippen molar-refractivity contribution in [2.24, 2.45) is 0 Å². The van der Waals surface area contributed by atoms with Gasteiger partial charge in [0.05, 0.1) is 8.07 Å². The summed E-state index contributed by atoms with van der Waals surface area (Å²) in [5.74, 6) is 0.679. The van der Waals surface area contributed by atoms with Gasteiger partial charge in [-0.3, -0.25) is 0 Å². The Morgan fingerprint density at radius 1 is 1.20 bits per heavy atom. The van der Waals surface area contributed by atoms with Crippen molar-refractivity contribution in [2.75, 3.05) is 14.1 Å². The Labute approximate surface area is 125 Å². The molecule has 1 nitrogen and oxygen atoms in total. The van der Waals surface area contributed by atoms with Crippen molar-refractivity contribution in [3.63, 3.8) is 0 Å². The first-order valence-corrected chi connectivity index (χ1v) is 11.4. The number of nitrogens with zero attached hydrogens (tertiary/aromatic N) is 1. The van der Waals surface area contributed by atoms with Crippen LogP contribution < -0.4 is 0 Å². The zero-order chi connectivity index (χ0) is 14.8. The quantitative estimate of drug-likeness (QED) is 0.718. The monoisotopic (exact) mass is 287 g/mol. The third-order valence-corrected chi connectivity index (χ3v) is 5.18. The first-order valence-electron chi connectivity index (χ1n) is 7.81. The maximum atomic E-state index is 2.65. The normalized spacial score (nSPS) is 21.9. The van der Waals surface area contributed by atoms with Gasteiger partial charge in [-0.15, -0.1) is 0 Å². The van der Waals surface area contributed by atoms with Crippen molar-refractivity contribution in [1.82, 2.24) is 4.90 Å². The van der Waals surface area contributed by atoms with E-state index in [0.29, 0.717) is 5.92 Å². The molecule has 0 spiro atoms. The van der Waals surface area contributed by atoms with E-state index in [9.17, 15) is 0 Å². The number of benzene rings is 1. The highest BCUT2D eigenvalue weighted by molar-refractivity contribution is 6.81. The summed E-state index contributed by atoms with van der Waals surface area (Å²) >= 11 is 0. The van der Waals surface area contributed by atoms with Crippen LogP contribution in [0.3, 0.4) is 0 Å². The molecule has 0 radical (unpaired) electrons. The maximum Gasteiger partial charge on any atom is 0.0686 e. The van der Waals surface area contributed by atoms with E-state index in [1.807, 2.05) is 0 Å². The molecule has 2 heteroatoms. The van der Waals surface area contributed by atoms with Crippen LogP contribution in [-0.2, 0) is 6.54 Å². The van der Waals surface area contributed by atoms with Crippen LogP contribution in [0.4, 0.5) is 0 Å². The topological polar surface area (TPSA) is 3.24 Å². The third-order valence-electron chi connectivity index (χ3n) is 3.94. The van der Waals surface area contributed by atoms with Gasteiger partial charge in [0.25, 0.3) is 0 Å². The molecule has 20 heavy (non-hydrogen) atoms. The van der Waals surface area contributed by atoms with Gasteiger partial charge in [-0.2, -0.15) is 0 Å². The molecule has 0 aromatic heterocycles. The van der Waals surface area contributed by atoms with E-state index < -0.39 is 8.07 Å². The van der Waals surface area contributed by atoms with E-state index in [4.69, 9.17) is 0 Å². The molecule has 1 atom stereocenters. The highest BCUT2D eigenvalue weighted by atomic mass is 28.3. The van der Waals surface area contributed by atoms with Gasteiger partial charge in [0, 0.05) is 12.5 Å². The standard InChI is InChI=1S/C18H29NSi/c1-19(2)13-15-9-6-7-11-17(15)18-12-8-10-16(18)14-20(3,4)5/h6-7,9,11,14,18H,8,10,12-13H2,1-5H3/b16-14-. The molecule has 0 saturated heterocycles. The molecule has 0 aliphatic heterocycles. The minimum Gasteiger partial charge on any atom is -0.305 e. The summed E-state index contributed by atoms with van der Waals surface area (Å²) in [6.07, 6.45) is 4.00. The van der Waals surface area contributed by atoms with Crippen molar-refractivity contribution in [3.8, 4) is 0 Å². The molecular formula is C18H29NSi. The molecule has 0 heterocycles. The van der Waals surface area contributed by atoms with Crippen LogP contribution in [-0.4, -0.2) is 27.1 Å². The van der Waals surface area contributed by atoms with Gasteiger partial charge in [0.15, 0.2) is 0 Å². The van der Waals surface area contributed by atoms with Crippen LogP contribution in [0, 0.1) is 0 Å². The zero-order valence-corrected chi connectivity index (χ0v) is 14.7. The van der Waals surface area contributed by atoms with Crippen LogP contribution in [0.2, 0.25) is 19.6 Å². The van der Waals surface area contributed by atoms with Crippen LogP contribution in [0.1, 0.15) is 36.3 Å². The highest BCUT2D eigenvalue weighted by Crippen LogP contribution is 2.41. The first kappa shape index (κ1) is 15.5. The van der Waals surface area contributed by atoms with Crippen molar-refractivity contribution in [2.45, 2.75) is 51.4 Å². The summed E-state index contributed by atoms with van der Waals surface area (Å²) in [6.45, 7) is 8.39. The van der Waals surface area contributed by atoms with Crippen molar-refractivity contribution in [1.29, 1.82) is 0 Å². The Hall–Kier alpha value is -0.863. The van der Waals surface area contributed by atoms with E-state index in [2.05, 4.69) is 68.6 Å². The lowest BCUT2D eigenvalue weighted by atomic mass is 9.90. The Bertz CT molecular complexity index is 482. The van der Waals surface area contributed by atoms with E-state index in [1.165, 1.54) is 24.8 Å². The SMILES string of the molecule is CN(C)Cc1ccccc1C1CCC/C1=C/[Si](C)(C)C. The zero-order valence-electron chi connectivity index (χ0n) is 13.7. The van der Waals surface area contributed by atoms with Crippen LogP contribution in [0.15, 0.2) is 35.5 Å². The molecule has 1 aliphatic rings. The van der Waals surface area contributed by atoms with Crippen LogP contribution >= 0.6 is 0 Å². The molecule has 2 rings (SSSR count). The lowest BCUT2D eigenvalue weighted by Gasteiger charge is -2.21. The molecule has 110 valence electrons. The Morgan fingerprint density at radius 3 is 2.55 bits per heavy atom. The van der Waals surface area contributed by atoms with Crippen LogP contribution in [0.25, 0.3) is 0 Å². The summed E-state index contributed by atoms with van der Waals surface area (Å²) in [7, 11) is 3.20. The molecule has 1 saturated carbocycles. The number of hydrogen-bond acceptors (Lipinski definition) is 1. The molecule has 1 fully saturated rings. The second-order valence-electron chi connectivity index (χ2n) is 7.47. The fourth-order valence-corrected chi connectivity index (χ4v) is 4.77. The van der Waals surface area contributed by atoms with Gasteiger partial charge in [-0.05, 0) is 44.5 Å². The summed E-state index contributed by atoms with van der Waals surface area (Å²) in [5.41, 5.74) is 7.45. The maximum absolute atomic E-state index is 2.65. The van der Waals surface area contributed by atoms with Gasteiger partial charge in [0.2, 0.25) is 0 Å². The van der Waals surface area contributed by atoms with E-state index >= 15 is 0 Å². The minimum atomic E-state index is -1.12. The predicted molar refractivity (Wildman–Crippen MR) is 91.9 cm³/mol. The summed E-state index contributed by atoms with van der Waals surface area (Å²) in [4.78, 5) is 2.27. The third kappa shape index (κ3) is 4.06. The molecule has 1 aliphatic carbocycles. The van der Waals surface area contributed by atoms with E-state index in [1.54, 1.807) is 11.1 Å². The molecule has 1 unspecified atom stereocenters. The summed E-state index contributed by atoms with van der Waals surface area (Å²) < 4.78 is 0. The molecule has 0 bridgehead atoms. The van der Waals surface area contributed by atoms with E-state index in [0.717, 1.165) is 6.54 Å². The van der Waals surface area contributed by atoms with Crippen molar-refractivity contribution in [3.05, 3.63) is 46.7 Å². The predicted octanol–water partition coefficient (Wildman–Crippen LogP) is 4.82. The highest BCUT2D eigenvalue weighted by Gasteiger charge is 2.26. The smallest absolute Gasteiger partial charge is 0.0686 e. The largest absolute Gasteiger partial charge is 0.305 e. The molecule has 1 aromatic carbocycles. The van der Waals surface area contributed by atoms with Crippen molar-refractivity contribution < 1.29 is 0 Å². The lowest BCUT2D eigenvalue weighted by Crippen LogP contribution is -2.18. The van der Waals surface area contributed by atoms with Gasteiger partial charge in [0.1, 0.15) is 0 Å². The Balaban J connectivity index is 2.33. The van der Waals surface area contributed by atoms with Crippen LogP contribution in [0.5, 0.6) is 0 Å². The minimum absolute atomic E-state index is 0.679. The van der Waals surface area contributed by atoms with E-state index in [-0.39, 0.29) is 0 Å². The lowest BCUT2D eigenvalue weighted by molar-refractivity contribution is 0.400. The van der Waals surface area contributed by atoms with Crippen molar-refractivity contribution >= 4 is 8.07 Å². The molecule has 0 amide bonds. The van der Waals surface area contributed by atoms with Gasteiger partial charge in [-0.1, -0.05) is 55.2 Å². The number of hydrogen-bond donors (Lipinski definition) is 0. The molecular weight excluding hydrogens is 258 g/mol. The summed E-state index contributed by atoms with van der Waals surface area (Å²) in [5, 5.41) is 0. The number of rotatable bonds is 4. The first-order chi connectivity index (χ1) is 9.37. The molecule has 0 N–H and O–H groups in total. The average molecular weight is 288 g/mol. The fourth-order valence-electron chi connectivity index (χ4n) is 3.31.